The lowest BCUT2D eigenvalue weighted by atomic mass is 9.80. The molecule has 1 rings (SSSR count). The van der Waals surface area contributed by atoms with Crippen molar-refractivity contribution in [2.45, 2.75) is 25.7 Å². The first-order chi connectivity index (χ1) is 6.98. The lowest BCUT2D eigenvalue weighted by molar-refractivity contribution is -0.117. The zero-order chi connectivity index (χ0) is 11.5. The Morgan fingerprint density at radius 1 is 1.47 bits per heavy atom. The molecule has 1 aromatic carbocycles. The van der Waals surface area contributed by atoms with E-state index in [0.717, 1.165) is 10.0 Å². The van der Waals surface area contributed by atoms with Gasteiger partial charge < -0.3 is 0 Å². The topological polar surface area (TPSA) is 40.9 Å². The molecule has 0 N–H and O–H groups in total. The van der Waals surface area contributed by atoms with Crippen LogP contribution in [-0.4, -0.2) is 5.78 Å². The summed E-state index contributed by atoms with van der Waals surface area (Å²) in [6, 6.07) is 9.71. The summed E-state index contributed by atoms with van der Waals surface area (Å²) in [6.45, 7) is 3.30. The summed E-state index contributed by atoms with van der Waals surface area (Å²) in [5.74, 6) is 0.0296. The monoisotopic (exact) mass is 265 g/mol. The Labute approximate surface area is 98.0 Å². The van der Waals surface area contributed by atoms with E-state index in [1.807, 2.05) is 24.3 Å². The van der Waals surface area contributed by atoms with E-state index in [2.05, 4.69) is 22.0 Å². The summed E-state index contributed by atoms with van der Waals surface area (Å²) >= 11 is 3.34. The Kier molecular flexibility index (Phi) is 3.65. The Morgan fingerprint density at radius 3 is 2.40 bits per heavy atom. The number of carbonyl (C=O) groups excluding carboxylic acids is 1. The van der Waals surface area contributed by atoms with E-state index < -0.39 is 5.41 Å². The van der Waals surface area contributed by atoms with Crippen molar-refractivity contribution >= 4 is 21.7 Å². The van der Waals surface area contributed by atoms with Gasteiger partial charge in [0, 0.05) is 10.9 Å². The highest BCUT2D eigenvalue weighted by Gasteiger charge is 2.27. The quantitative estimate of drug-likeness (QED) is 0.842. The van der Waals surface area contributed by atoms with E-state index in [1.165, 1.54) is 6.92 Å². The second kappa shape index (κ2) is 4.59. The van der Waals surface area contributed by atoms with Crippen molar-refractivity contribution in [3.8, 4) is 6.07 Å². The van der Waals surface area contributed by atoms with Crippen LogP contribution in [0.2, 0.25) is 0 Å². The van der Waals surface area contributed by atoms with E-state index in [4.69, 9.17) is 5.26 Å². The SMILES string of the molecule is CC(=O)CC(C)(C#N)c1ccc(Br)cc1. The highest BCUT2D eigenvalue weighted by Crippen LogP contribution is 2.28. The van der Waals surface area contributed by atoms with Gasteiger partial charge in [-0.05, 0) is 31.5 Å². The summed E-state index contributed by atoms with van der Waals surface area (Å²) in [7, 11) is 0. The predicted octanol–water partition coefficient (Wildman–Crippen LogP) is 3.21. The number of benzene rings is 1. The van der Waals surface area contributed by atoms with Crippen LogP contribution >= 0.6 is 15.9 Å². The van der Waals surface area contributed by atoms with Crippen LogP contribution in [0, 0.1) is 11.3 Å². The molecule has 1 unspecified atom stereocenters. The largest absolute Gasteiger partial charge is 0.300 e. The number of halogens is 1. The van der Waals surface area contributed by atoms with Gasteiger partial charge in [0.25, 0.3) is 0 Å². The number of hydrogen-bond donors (Lipinski definition) is 0. The second-order valence-corrected chi connectivity index (χ2v) is 4.75. The molecule has 0 aliphatic heterocycles. The van der Waals surface area contributed by atoms with E-state index in [-0.39, 0.29) is 12.2 Å². The number of rotatable bonds is 3. The molecule has 0 fully saturated rings. The Hall–Kier alpha value is -1.14. The highest BCUT2D eigenvalue weighted by atomic mass is 79.9. The van der Waals surface area contributed by atoms with Crippen LogP contribution in [0.4, 0.5) is 0 Å². The molecule has 1 atom stereocenters. The lowest BCUT2D eigenvalue weighted by Crippen LogP contribution is -2.22. The van der Waals surface area contributed by atoms with Gasteiger partial charge in [-0.15, -0.1) is 0 Å². The van der Waals surface area contributed by atoms with Crippen molar-refractivity contribution in [3.05, 3.63) is 34.3 Å². The van der Waals surface area contributed by atoms with E-state index >= 15 is 0 Å². The molecule has 0 heterocycles. The normalized spacial score (nSPS) is 14.0. The standard InChI is InChI=1S/C12H12BrNO/c1-9(15)7-12(2,8-14)10-3-5-11(13)6-4-10/h3-6H,7H2,1-2H3. The van der Waals surface area contributed by atoms with Gasteiger partial charge >= 0.3 is 0 Å². The minimum absolute atomic E-state index is 0.0296. The first kappa shape index (κ1) is 11.9. The van der Waals surface area contributed by atoms with Gasteiger partial charge in [-0.3, -0.25) is 4.79 Å². The molecule has 15 heavy (non-hydrogen) atoms. The molecule has 0 amide bonds. The third-order valence-electron chi connectivity index (χ3n) is 2.33. The van der Waals surface area contributed by atoms with Gasteiger partial charge in [0.15, 0.2) is 0 Å². The van der Waals surface area contributed by atoms with Crippen LogP contribution in [0.1, 0.15) is 25.8 Å². The van der Waals surface area contributed by atoms with Crippen molar-refractivity contribution in [2.24, 2.45) is 0 Å². The van der Waals surface area contributed by atoms with E-state index in [9.17, 15) is 4.79 Å². The molecule has 1 aromatic rings. The Balaban J connectivity index is 3.07. The van der Waals surface area contributed by atoms with Crippen molar-refractivity contribution in [2.75, 3.05) is 0 Å². The third kappa shape index (κ3) is 2.90. The average Bonchev–Trinajstić information content (AvgIpc) is 2.17. The first-order valence-corrected chi connectivity index (χ1v) is 5.44. The van der Waals surface area contributed by atoms with Gasteiger partial charge in [-0.1, -0.05) is 28.1 Å². The molecule has 0 aliphatic carbocycles. The van der Waals surface area contributed by atoms with Gasteiger partial charge in [-0.25, -0.2) is 0 Å². The zero-order valence-electron chi connectivity index (χ0n) is 8.75. The summed E-state index contributed by atoms with van der Waals surface area (Å²) in [5, 5.41) is 9.14. The van der Waals surface area contributed by atoms with Gasteiger partial charge in [0.05, 0.1) is 11.5 Å². The molecular weight excluding hydrogens is 254 g/mol. The van der Waals surface area contributed by atoms with Crippen molar-refractivity contribution < 1.29 is 4.79 Å². The molecule has 0 aromatic heterocycles. The maximum absolute atomic E-state index is 11.1. The van der Waals surface area contributed by atoms with Crippen LogP contribution in [0.15, 0.2) is 28.7 Å². The first-order valence-electron chi connectivity index (χ1n) is 4.65. The fourth-order valence-electron chi connectivity index (χ4n) is 1.52. The van der Waals surface area contributed by atoms with Gasteiger partial charge in [-0.2, -0.15) is 5.26 Å². The van der Waals surface area contributed by atoms with E-state index in [1.54, 1.807) is 6.92 Å². The molecule has 3 heteroatoms. The number of ketones is 1. The molecule has 0 saturated carbocycles. The molecule has 0 spiro atoms. The molecule has 2 nitrogen and oxygen atoms in total. The summed E-state index contributed by atoms with van der Waals surface area (Å²) < 4.78 is 0.967. The molecule has 0 bridgehead atoms. The summed E-state index contributed by atoms with van der Waals surface area (Å²) in [6.07, 6.45) is 0.255. The maximum atomic E-state index is 11.1. The predicted molar refractivity (Wildman–Crippen MR) is 62.4 cm³/mol. The number of nitriles is 1. The van der Waals surface area contributed by atoms with Gasteiger partial charge in [0.2, 0.25) is 0 Å². The van der Waals surface area contributed by atoms with Crippen LogP contribution < -0.4 is 0 Å². The smallest absolute Gasteiger partial charge is 0.131 e. The number of carbonyl (C=O) groups is 1. The number of nitrogens with zero attached hydrogens (tertiary/aromatic N) is 1. The fraction of sp³-hybridized carbons (Fsp3) is 0.333. The Morgan fingerprint density at radius 2 is 2.00 bits per heavy atom. The zero-order valence-corrected chi connectivity index (χ0v) is 10.3. The highest BCUT2D eigenvalue weighted by molar-refractivity contribution is 9.10. The summed E-state index contributed by atoms with van der Waals surface area (Å²) in [5.41, 5.74) is 0.162. The third-order valence-corrected chi connectivity index (χ3v) is 2.86. The van der Waals surface area contributed by atoms with Crippen LogP contribution in [-0.2, 0) is 10.2 Å². The van der Waals surface area contributed by atoms with Crippen LogP contribution in [0.25, 0.3) is 0 Å². The Bertz CT molecular complexity index is 405. The van der Waals surface area contributed by atoms with Crippen molar-refractivity contribution in [1.29, 1.82) is 5.26 Å². The average molecular weight is 266 g/mol. The minimum Gasteiger partial charge on any atom is -0.300 e. The van der Waals surface area contributed by atoms with E-state index in [0.29, 0.717) is 0 Å². The van der Waals surface area contributed by atoms with Crippen molar-refractivity contribution in [1.82, 2.24) is 0 Å². The molecular formula is C12H12BrNO. The minimum atomic E-state index is -0.716. The van der Waals surface area contributed by atoms with Crippen LogP contribution in [0.5, 0.6) is 0 Å². The number of hydrogen-bond acceptors (Lipinski definition) is 2. The molecule has 78 valence electrons. The maximum Gasteiger partial charge on any atom is 0.131 e. The molecule has 0 saturated heterocycles. The van der Waals surface area contributed by atoms with Gasteiger partial charge in [0.1, 0.15) is 5.78 Å². The fourth-order valence-corrected chi connectivity index (χ4v) is 1.79. The second-order valence-electron chi connectivity index (χ2n) is 3.83. The lowest BCUT2D eigenvalue weighted by Gasteiger charge is -2.20. The number of Topliss-reactive ketones (excluding diaryl/α,β-unsaturated/α-hetero) is 1. The summed E-state index contributed by atoms with van der Waals surface area (Å²) in [4.78, 5) is 11.1. The van der Waals surface area contributed by atoms with Crippen molar-refractivity contribution in [3.63, 3.8) is 0 Å². The van der Waals surface area contributed by atoms with Crippen LogP contribution in [0.3, 0.4) is 0 Å². The molecule has 0 aliphatic rings. The molecule has 0 radical (unpaired) electrons.